The Kier molecular flexibility index (Phi) is 7.51. The topological polar surface area (TPSA) is 94.5 Å². The Labute approximate surface area is 173 Å². The average molecular weight is 542 g/mol. The number of rotatable bonds is 7. The normalized spacial score (nSPS) is 15.2. The average Bonchev–Trinajstić information content (AvgIpc) is 2.74. The van der Waals surface area contributed by atoms with Crippen molar-refractivity contribution >= 4 is 26.3 Å². The highest BCUT2D eigenvalue weighted by atomic mass is 32.5. The maximum absolute atomic E-state index is 13.6. The standard InChI is InChI=1S/C12H2F10O7P2S/c13-1-3(15)7(19)11(8(20)4(1)16)26-30(24,25)29-31(32,28-23)27-12-9(21)5(17)2(14)6(18)10(12)22/h23H,(H,24,25). The van der Waals surface area contributed by atoms with Crippen molar-refractivity contribution in [3.05, 3.63) is 58.2 Å². The van der Waals surface area contributed by atoms with Crippen molar-refractivity contribution in [2.75, 3.05) is 0 Å². The van der Waals surface area contributed by atoms with E-state index >= 15 is 0 Å². The van der Waals surface area contributed by atoms with Gasteiger partial charge in [0.2, 0.25) is 69.7 Å². The van der Waals surface area contributed by atoms with Gasteiger partial charge in [-0.1, -0.05) is 0 Å². The van der Waals surface area contributed by atoms with Crippen molar-refractivity contribution in [3.63, 3.8) is 0 Å². The third-order valence-electron chi connectivity index (χ3n) is 3.05. The molecule has 2 unspecified atom stereocenters. The molecule has 178 valence electrons. The largest absolute Gasteiger partial charge is 0.535 e. The van der Waals surface area contributed by atoms with E-state index in [0.717, 1.165) is 0 Å². The minimum Gasteiger partial charge on any atom is -0.416 e. The van der Waals surface area contributed by atoms with Crippen LogP contribution in [0.1, 0.15) is 0 Å². The molecule has 20 heteroatoms. The number of hydrogen-bond acceptors (Lipinski definition) is 7. The first-order valence-electron chi connectivity index (χ1n) is 6.96. The molecule has 2 aromatic rings. The highest BCUT2D eigenvalue weighted by Crippen LogP contribution is 2.63. The first kappa shape index (κ1) is 26.3. The number of phosphoric acid groups is 1. The molecule has 2 rings (SSSR count). The SMILES string of the molecule is O=P(O)(Oc1c(F)c(F)c(F)c(F)c1F)OP(=S)(OO)Oc1c(F)c(F)c(F)c(F)c1F. The zero-order valence-electron chi connectivity index (χ0n) is 14.0. The van der Waals surface area contributed by atoms with Crippen LogP contribution in [0.15, 0.2) is 0 Å². The zero-order chi connectivity index (χ0) is 24.8. The van der Waals surface area contributed by atoms with Gasteiger partial charge in [0, 0.05) is 11.8 Å². The first-order chi connectivity index (χ1) is 14.6. The number of hydrogen-bond donors (Lipinski definition) is 2. The Hall–Kier alpha value is -1.94. The Balaban J connectivity index is 2.45. The fraction of sp³-hybridized carbons (Fsp3) is 0. The second-order valence-corrected chi connectivity index (χ2v) is 9.41. The Morgan fingerprint density at radius 3 is 1.19 bits per heavy atom. The van der Waals surface area contributed by atoms with E-state index < -0.39 is 84.2 Å². The van der Waals surface area contributed by atoms with Crippen LogP contribution in [-0.4, -0.2) is 10.2 Å². The summed E-state index contributed by atoms with van der Waals surface area (Å²) >= 11 is 4.14. The van der Waals surface area contributed by atoms with Crippen molar-refractivity contribution in [1.29, 1.82) is 0 Å². The van der Waals surface area contributed by atoms with E-state index in [0.29, 0.717) is 0 Å². The van der Waals surface area contributed by atoms with Gasteiger partial charge in [-0.25, -0.2) is 36.2 Å². The van der Waals surface area contributed by atoms with Gasteiger partial charge in [0.15, 0.2) is 0 Å². The third-order valence-corrected chi connectivity index (χ3v) is 6.72. The van der Waals surface area contributed by atoms with Crippen LogP contribution in [0.3, 0.4) is 0 Å². The minimum atomic E-state index is -6.27. The van der Waals surface area contributed by atoms with Gasteiger partial charge in [-0.15, -0.1) is 4.67 Å². The third kappa shape index (κ3) is 4.85. The Morgan fingerprint density at radius 2 is 0.875 bits per heavy atom. The molecule has 2 aromatic carbocycles. The van der Waals surface area contributed by atoms with Gasteiger partial charge in [-0.2, -0.15) is 21.9 Å². The summed E-state index contributed by atoms with van der Waals surface area (Å²) in [5.74, 6) is -31.6. The summed E-state index contributed by atoms with van der Waals surface area (Å²) in [6.45, 7) is -5.54. The van der Waals surface area contributed by atoms with Gasteiger partial charge in [0.25, 0.3) is 0 Å². The van der Waals surface area contributed by atoms with Crippen LogP contribution in [-0.2, 0) is 25.4 Å². The summed E-state index contributed by atoms with van der Waals surface area (Å²) in [7, 11) is -6.27. The predicted molar refractivity (Wildman–Crippen MR) is 82.6 cm³/mol. The van der Waals surface area contributed by atoms with Gasteiger partial charge >= 0.3 is 14.5 Å². The van der Waals surface area contributed by atoms with Gasteiger partial charge in [0.1, 0.15) is 0 Å². The molecule has 0 bridgehead atoms. The fourth-order valence-electron chi connectivity index (χ4n) is 1.75. The van der Waals surface area contributed by atoms with Gasteiger partial charge in [-0.3, -0.25) is 4.89 Å². The molecular weight excluding hydrogens is 540 g/mol. The maximum Gasteiger partial charge on any atom is 0.535 e. The fourth-order valence-corrected chi connectivity index (χ4v) is 4.94. The molecule has 2 atom stereocenters. The molecule has 0 saturated heterocycles. The van der Waals surface area contributed by atoms with E-state index in [9.17, 15) is 53.4 Å². The highest BCUT2D eigenvalue weighted by molar-refractivity contribution is 8.09. The lowest BCUT2D eigenvalue weighted by atomic mass is 10.3. The second kappa shape index (κ2) is 9.13. The maximum atomic E-state index is 13.6. The molecular formula is C12H2F10O7P2S. The monoisotopic (exact) mass is 542 g/mol. The van der Waals surface area contributed by atoms with E-state index in [1.165, 1.54) is 0 Å². The van der Waals surface area contributed by atoms with Crippen molar-refractivity contribution in [2.45, 2.75) is 0 Å². The lowest BCUT2D eigenvalue weighted by molar-refractivity contribution is -0.145. The molecule has 0 heterocycles. The number of phosphoric ester groups is 1. The minimum absolute atomic E-state index is 2.30. The van der Waals surface area contributed by atoms with Crippen molar-refractivity contribution in [2.24, 2.45) is 0 Å². The Morgan fingerprint density at radius 1 is 0.594 bits per heavy atom. The van der Waals surface area contributed by atoms with Crippen molar-refractivity contribution < 1.29 is 76.7 Å². The second-order valence-electron chi connectivity index (χ2n) is 5.06. The highest BCUT2D eigenvalue weighted by Gasteiger charge is 2.42. The lowest BCUT2D eigenvalue weighted by Gasteiger charge is -2.22. The van der Waals surface area contributed by atoms with E-state index in [2.05, 4.69) is 29.8 Å². The van der Waals surface area contributed by atoms with E-state index in [4.69, 9.17) is 5.26 Å². The molecule has 0 saturated carbocycles. The van der Waals surface area contributed by atoms with Gasteiger partial charge in [-0.05, 0) is 0 Å². The molecule has 0 aliphatic carbocycles. The van der Waals surface area contributed by atoms with Gasteiger partial charge < -0.3 is 9.05 Å². The number of benzene rings is 2. The lowest BCUT2D eigenvalue weighted by Crippen LogP contribution is -2.10. The van der Waals surface area contributed by atoms with Crippen LogP contribution in [0.4, 0.5) is 43.9 Å². The van der Waals surface area contributed by atoms with Crippen LogP contribution in [0.25, 0.3) is 0 Å². The summed E-state index contributed by atoms with van der Waals surface area (Å²) in [6, 6.07) is 0. The van der Waals surface area contributed by atoms with E-state index in [-0.39, 0.29) is 0 Å². The summed E-state index contributed by atoms with van der Waals surface area (Å²) in [4.78, 5) is 9.44. The van der Waals surface area contributed by atoms with Crippen LogP contribution in [0, 0.1) is 58.2 Å². The smallest absolute Gasteiger partial charge is 0.416 e. The number of halogens is 10. The van der Waals surface area contributed by atoms with Crippen LogP contribution < -0.4 is 9.05 Å². The van der Waals surface area contributed by atoms with Crippen LogP contribution >= 0.6 is 14.5 Å². The van der Waals surface area contributed by atoms with Crippen molar-refractivity contribution in [1.82, 2.24) is 0 Å². The molecule has 0 radical (unpaired) electrons. The van der Waals surface area contributed by atoms with Crippen molar-refractivity contribution in [3.8, 4) is 11.5 Å². The molecule has 0 amide bonds. The predicted octanol–water partition coefficient (Wildman–Crippen LogP) is 5.37. The van der Waals surface area contributed by atoms with Crippen LogP contribution in [0.2, 0.25) is 0 Å². The molecule has 0 fully saturated rings. The summed E-state index contributed by atoms with van der Waals surface area (Å²) in [5.41, 5.74) is 0. The molecule has 7 nitrogen and oxygen atoms in total. The Bertz CT molecular complexity index is 1140. The summed E-state index contributed by atoms with van der Waals surface area (Å²) in [5, 5.41) is 8.67. The quantitative estimate of drug-likeness (QED) is 0.121. The molecule has 0 spiro atoms. The molecule has 0 aliphatic heterocycles. The molecule has 32 heavy (non-hydrogen) atoms. The zero-order valence-corrected chi connectivity index (χ0v) is 16.6. The summed E-state index contributed by atoms with van der Waals surface area (Å²) < 4.78 is 159. The van der Waals surface area contributed by atoms with Crippen LogP contribution in [0.5, 0.6) is 11.5 Å². The molecule has 0 aliphatic rings. The molecule has 0 aromatic heterocycles. The van der Waals surface area contributed by atoms with Gasteiger partial charge in [0.05, 0.1) is 0 Å². The first-order valence-corrected chi connectivity index (χ1v) is 11.0. The van der Waals surface area contributed by atoms with E-state index in [1.54, 1.807) is 0 Å². The summed E-state index contributed by atoms with van der Waals surface area (Å²) in [6.07, 6.45) is 0. The van der Waals surface area contributed by atoms with E-state index in [1.807, 2.05) is 0 Å². The molecule has 2 N–H and O–H groups in total.